The van der Waals surface area contributed by atoms with Crippen LogP contribution >= 0.6 is 23.5 Å². The number of nitrogens with zero attached hydrogens (tertiary/aromatic N) is 1. The van der Waals surface area contributed by atoms with Crippen LogP contribution in [0.5, 0.6) is 0 Å². The van der Waals surface area contributed by atoms with E-state index in [9.17, 15) is 42.1 Å². The Bertz CT molecular complexity index is 1250. The Morgan fingerprint density at radius 3 is 2.35 bits per heavy atom. The molecule has 34 heavy (non-hydrogen) atoms. The van der Waals surface area contributed by atoms with Crippen molar-refractivity contribution in [2.24, 2.45) is 0 Å². The second-order valence-corrected chi connectivity index (χ2v) is 10.6. The monoisotopic (exact) mass is 560 g/mol. The number of rotatable bonds is 8. The van der Waals surface area contributed by atoms with E-state index in [1.54, 1.807) is 11.8 Å². The summed E-state index contributed by atoms with van der Waals surface area (Å²) in [4.78, 5) is 60.1. The van der Waals surface area contributed by atoms with Crippen LogP contribution in [-0.2, 0) is 31.6 Å². The van der Waals surface area contributed by atoms with Gasteiger partial charge in [0.05, 0.1) is 12.8 Å². The Labute approximate surface area is 185 Å². The van der Waals surface area contributed by atoms with Crippen LogP contribution in [0.25, 0.3) is 0 Å². The Morgan fingerprint density at radius 2 is 1.79 bits per heavy atom. The summed E-state index contributed by atoms with van der Waals surface area (Å²) in [5, 5.41) is 10.2. The summed E-state index contributed by atoms with van der Waals surface area (Å²) in [6, 6.07) is 0. The SMILES string of the molecule is O=c1[nH]c(=O)n([C@@H]2O[C@H](COP(=O)(O)OP(=O)(O)OP(=O)(O)O)[C@H](O)C2(F)C#CCF)cc1F. The van der Waals surface area contributed by atoms with Gasteiger partial charge in [0.2, 0.25) is 11.5 Å². The fourth-order valence-electron chi connectivity index (χ4n) is 2.56. The third-order valence-corrected chi connectivity index (χ3v) is 7.59. The van der Waals surface area contributed by atoms with E-state index >= 15 is 4.39 Å². The van der Waals surface area contributed by atoms with Crippen molar-refractivity contribution in [2.45, 2.75) is 24.1 Å². The van der Waals surface area contributed by atoms with Gasteiger partial charge in [0, 0.05) is 0 Å². The van der Waals surface area contributed by atoms with Gasteiger partial charge < -0.3 is 29.4 Å². The van der Waals surface area contributed by atoms with E-state index in [2.05, 4.69) is 13.1 Å². The summed E-state index contributed by atoms with van der Waals surface area (Å²) in [6.45, 7) is -2.84. The van der Waals surface area contributed by atoms with Crippen LogP contribution in [0.3, 0.4) is 0 Å². The van der Waals surface area contributed by atoms with Crippen LogP contribution in [0.1, 0.15) is 6.23 Å². The van der Waals surface area contributed by atoms with Crippen LogP contribution in [0.2, 0.25) is 0 Å². The van der Waals surface area contributed by atoms with E-state index in [1.807, 2.05) is 0 Å². The summed E-state index contributed by atoms with van der Waals surface area (Å²) in [6.07, 6.45) is -6.79. The van der Waals surface area contributed by atoms with Crippen molar-refractivity contribution in [3.63, 3.8) is 0 Å². The maximum Gasteiger partial charge on any atom is 0.490 e. The molecule has 1 fully saturated rings. The molecule has 16 nitrogen and oxygen atoms in total. The van der Waals surface area contributed by atoms with Gasteiger partial charge >= 0.3 is 29.2 Å². The van der Waals surface area contributed by atoms with Crippen molar-refractivity contribution in [1.82, 2.24) is 9.55 Å². The second-order valence-electron chi connectivity index (χ2n) is 6.21. The van der Waals surface area contributed by atoms with Crippen molar-refractivity contribution in [1.29, 1.82) is 0 Å². The van der Waals surface area contributed by atoms with Crippen molar-refractivity contribution in [3.8, 4) is 11.8 Å². The Morgan fingerprint density at radius 1 is 1.18 bits per heavy atom. The molecule has 1 saturated heterocycles. The molecule has 1 aromatic rings. The van der Waals surface area contributed by atoms with Gasteiger partial charge in [-0.25, -0.2) is 27.3 Å². The first-order valence-electron chi connectivity index (χ1n) is 8.28. The highest BCUT2D eigenvalue weighted by molar-refractivity contribution is 7.66. The van der Waals surface area contributed by atoms with Crippen molar-refractivity contribution >= 4 is 23.5 Å². The molecule has 3 unspecified atom stereocenters. The smallest absolute Gasteiger partial charge is 0.386 e. The van der Waals surface area contributed by atoms with Gasteiger partial charge in [0.1, 0.15) is 18.9 Å². The third kappa shape index (κ3) is 6.95. The predicted octanol–water partition coefficient (Wildman–Crippen LogP) is -1.04. The number of nitrogens with one attached hydrogen (secondary N) is 1. The number of ether oxygens (including phenoxy) is 1. The fourth-order valence-corrected chi connectivity index (χ4v) is 5.59. The van der Waals surface area contributed by atoms with Gasteiger partial charge in [-0.1, -0.05) is 11.8 Å². The van der Waals surface area contributed by atoms with E-state index in [0.717, 1.165) is 0 Å². The van der Waals surface area contributed by atoms with Crippen LogP contribution in [-0.4, -0.2) is 65.4 Å². The van der Waals surface area contributed by atoms with Gasteiger partial charge in [-0.05, 0) is 0 Å². The zero-order valence-electron chi connectivity index (χ0n) is 16.1. The summed E-state index contributed by atoms with van der Waals surface area (Å²) in [5.41, 5.74) is -6.35. The standard InChI is InChI=1S/C12H14F3N2O14P3/c13-3-1-2-12(15)8(18)7(29-10(12)17-4-6(14)9(19)16-11(17)20)5-28-33(24,25)31-34(26,27)30-32(21,22)23/h4,7-8,10,18H,3,5H2,(H,24,25)(H,26,27)(H,16,19,20)(H2,21,22,23)/t7-,8+,10-,12?/m1/s1. The second kappa shape index (κ2) is 10.2. The number of hydrogen-bond donors (Lipinski definition) is 6. The molecule has 1 aromatic heterocycles. The lowest BCUT2D eigenvalue weighted by Crippen LogP contribution is -2.45. The van der Waals surface area contributed by atoms with E-state index in [-0.39, 0.29) is 10.8 Å². The third-order valence-electron chi connectivity index (χ3n) is 3.79. The molecular formula is C12H14F3N2O14P3. The first-order valence-corrected chi connectivity index (χ1v) is 12.8. The Kier molecular flexibility index (Phi) is 8.54. The van der Waals surface area contributed by atoms with Crippen LogP contribution in [0.15, 0.2) is 15.8 Å². The minimum absolute atomic E-state index is 0.0949. The molecule has 1 aliphatic rings. The maximum atomic E-state index is 15.5. The summed E-state index contributed by atoms with van der Waals surface area (Å²) >= 11 is 0. The predicted molar refractivity (Wildman–Crippen MR) is 98.6 cm³/mol. The highest BCUT2D eigenvalue weighted by Crippen LogP contribution is 2.66. The van der Waals surface area contributed by atoms with Crippen LogP contribution in [0.4, 0.5) is 13.2 Å². The molecule has 6 N–H and O–H groups in total. The van der Waals surface area contributed by atoms with E-state index < -0.39 is 77.9 Å². The van der Waals surface area contributed by atoms with Crippen molar-refractivity contribution in [2.75, 3.05) is 13.3 Å². The molecule has 0 amide bonds. The van der Waals surface area contributed by atoms with Gasteiger partial charge in [-0.15, -0.1) is 0 Å². The van der Waals surface area contributed by atoms with Crippen molar-refractivity contribution < 1.29 is 69.4 Å². The molecule has 22 heteroatoms. The molecule has 0 saturated carbocycles. The van der Waals surface area contributed by atoms with Gasteiger partial charge in [0.15, 0.2) is 6.23 Å². The number of phosphoric ester groups is 1. The number of alkyl halides is 2. The number of aromatic amines is 1. The molecular weight excluding hydrogens is 546 g/mol. The number of H-pyrrole nitrogens is 1. The van der Waals surface area contributed by atoms with E-state index in [1.165, 1.54) is 4.98 Å². The largest absolute Gasteiger partial charge is 0.490 e. The first-order chi connectivity index (χ1) is 15.4. The van der Waals surface area contributed by atoms with Crippen molar-refractivity contribution in [3.05, 3.63) is 32.9 Å². The number of aliphatic hydroxyl groups is 1. The van der Waals surface area contributed by atoms with E-state index in [4.69, 9.17) is 19.4 Å². The lowest BCUT2D eigenvalue weighted by molar-refractivity contribution is -0.0539. The molecule has 0 aromatic carbocycles. The molecule has 0 radical (unpaired) electrons. The van der Waals surface area contributed by atoms with E-state index in [0.29, 0.717) is 0 Å². The normalized spacial score (nSPS) is 28.5. The number of aromatic nitrogens is 2. The molecule has 0 spiro atoms. The average molecular weight is 560 g/mol. The molecule has 0 bridgehead atoms. The Balaban J connectivity index is 2.31. The quantitative estimate of drug-likeness (QED) is 0.164. The van der Waals surface area contributed by atoms with Crippen LogP contribution < -0.4 is 11.2 Å². The maximum absolute atomic E-state index is 15.5. The number of phosphoric acid groups is 3. The lowest BCUT2D eigenvalue weighted by Gasteiger charge is -2.24. The molecule has 192 valence electrons. The number of halogens is 3. The fraction of sp³-hybridized carbons (Fsp3) is 0.500. The highest BCUT2D eigenvalue weighted by Gasteiger charge is 2.58. The number of aliphatic hydroxyl groups excluding tert-OH is 1. The molecule has 1 aliphatic heterocycles. The van der Waals surface area contributed by atoms with Gasteiger partial charge in [-0.2, -0.15) is 13.0 Å². The van der Waals surface area contributed by atoms with Gasteiger partial charge in [-0.3, -0.25) is 18.9 Å². The Hall–Kier alpha value is -1.64. The minimum Gasteiger partial charge on any atom is -0.386 e. The number of hydrogen-bond acceptors (Lipinski definition) is 10. The van der Waals surface area contributed by atoms with Crippen LogP contribution in [0, 0.1) is 17.7 Å². The average Bonchev–Trinajstić information content (AvgIpc) is 2.90. The van der Waals surface area contributed by atoms with Gasteiger partial charge in [0.25, 0.3) is 5.56 Å². The zero-order chi connectivity index (χ0) is 26.1. The summed E-state index contributed by atoms with van der Waals surface area (Å²) in [7, 11) is -17.3. The molecule has 0 aliphatic carbocycles. The molecule has 2 rings (SSSR count). The molecule has 6 atom stereocenters. The highest BCUT2D eigenvalue weighted by atomic mass is 31.3. The summed E-state index contributed by atoms with van der Waals surface area (Å²) in [5.74, 6) is 1.62. The lowest BCUT2D eigenvalue weighted by atomic mass is 9.96. The topological polar surface area (TPSA) is 244 Å². The minimum atomic E-state index is -5.89. The molecule has 2 heterocycles. The summed E-state index contributed by atoms with van der Waals surface area (Å²) < 4.78 is 91.5. The first kappa shape index (κ1) is 28.6. The zero-order valence-corrected chi connectivity index (χ0v) is 18.7.